The highest BCUT2D eigenvalue weighted by atomic mass is 35.5. The van der Waals surface area contributed by atoms with Gasteiger partial charge in [0.2, 0.25) is 0 Å². The van der Waals surface area contributed by atoms with Crippen LogP contribution in [0.4, 0.5) is 4.39 Å². The van der Waals surface area contributed by atoms with Gasteiger partial charge in [-0.2, -0.15) is 0 Å². The van der Waals surface area contributed by atoms with Gasteiger partial charge in [0.1, 0.15) is 5.82 Å². The Labute approximate surface area is 166 Å². The third-order valence-electron chi connectivity index (χ3n) is 5.20. The quantitative estimate of drug-likeness (QED) is 0.592. The summed E-state index contributed by atoms with van der Waals surface area (Å²) in [6.45, 7) is 10.6. The van der Waals surface area contributed by atoms with Gasteiger partial charge in [-0.25, -0.2) is 4.39 Å². The second-order valence-electron chi connectivity index (χ2n) is 7.24. The van der Waals surface area contributed by atoms with Crippen LogP contribution in [0.2, 0.25) is 5.02 Å². The predicted octanol–water partition coefficient (Wildman–Crippen LogP) is 2.64. The highest BCUT2D eigenvalue weighted by Gasteiger charge is 2.27. The van der Waals surface area contributed by atoms with Crippen LogP contribution in [0.3, 0.4) is 0 Å². The van der Waals surface area contributed by atoms with E-state index in [1.165, 1.54) is 18.6 Å². The highest BCUT2D eigenvalue weighted by molar-refractivity contribution is 6.31. The van der Waals surface area contributed by atoms with Crippen molar-refractivity contribution in [1.82, 2.24) is 15.1 Å². The molecule has 1 unspecified atom stereocenters. The Bertz CT molecular complexity index is 636. The maximum Gasteiger partial charge on any atom is 0.193 e. The fraction of sp³-hybridized carbons (Fsp3) is 0.650. The molecule has 2 heterocycles. The first-order valence-electron chi connectivity index (χ1n) is 9.93. The van der Waals surface area contributed by atoms with E-state index in [0.29, 0.717) is 23.9 Å². The molecule has 5 nitrogen and oxygen atoms in total. The number of nitrogens with one attached hydrogen (secondary N) is 1. The van der Waals surface area contributed by atoms with Crippen molar-refractivity contribution in [2.24, 2.45) is 10.9 Å². The fourth-order valence-corrected chi connectivity index (χ4v) is 4.02. The number of hydrogen-bond acceptors (Lipinski definition) is 3. The van der Waals surface area contributed by atoms with Crippen LogP contribution in [-0.4, -0.2) is 74.8 Å². The van der Waals surface area contributed by atoms with Crippen molar-refractivity contribution in [3.05, 3.63) is 34.6 Å². The van der Waals surface area contributed by atoms with Crippen molar-refractivity contribution < 1.29 is 9.13 Å². The molecule has 0 saturated carbocycles. The summed E-state index contributed by atoms with van der Waals surface area (Å²) in [4.78, 5) is 9.66. The molecular weight excluding hydrogens is 367 g/mol. The second-order valence-corrected chi connectivity index (χ2v) is 7.64. The molecule has 0 amide bonds. The van der Waals surface area contributed by atoms with Crippen molar-refractivity contribution in [3.63, 3.8) is 0 Å². The Morgan fingerprint density at radius 2 is 2.15 bits per heavy atom. The van der Waals surface area contributed by atoms with Gasteiger partial charge in [-0.3, -0.25) is 9.89 Å². The molecule has 7 heteroatoms. The number of morpholine rings is 1. The van der Waals surface area contributed by atoms with Gasteiger partial charge in [-0.05, 0) is 43.4 Å². The van der Waals surface area contributed by atoms with Gasteiger partial charge in [0.15, 0.2) is 5.96 Å². The maximum absolute atomic E-state index is 13.2. The number of likely N-dealkylation sites (tertiary alicyclic amines) is 1. The van der Waals surface area contributed by atoms with Crippen LogP contribution in [0.1, 0.15) is 18.9 Å². The van der Waals surface area contributed by atoms with Crippen LogP contribution in [-0.2, 0) is 11.2 Å². The summed E-state index contributed by atoms with van der Waals surface area (Å²) >= 11 is 6.12. The Morgan fingerprint density at radius 3 is 2.89 bits per heavy atom. The first-order chi connectivity index (χ1) is 13.2. The Kier molecular flexibility index (Phi) is 7.73. The summed E-state index contributed by atoms with van der Waals surface area (Å²) in [6.07, 6.45) is 1.91. The first kappa shape index (κ1) is 20.4. The standard InChI is InChI=1S/C20H30ClFN4O/c1-2-23-20(24-7-5-17-3-4-18(22)13-19(17)21)26-8-6-16(15-26)14-25-9-11-27-12-10-25/h3-4,13,16H,2,5-12,14-15H2,1H3,(H,23,24). The number of halogens is 2. The molecular formula is C20H30ClFN4O. The first-order valence-corrected chi connectivity index (χ1v) is 10.3. The minimum atomic E-state index is -0.302. The van der Waals surface area contributed by atoms with Crippen LogP contribution in [0.5, 0.6) is 0 Å². The van der Waals surface area contributed by atoms with Crippen LogP contribution in [0.25, 0.3) is 0 Å². The largest absolute Gasteiger partial charge is 0.379 e. The molecule has 0 bridgehead atoms. The lowest BCUT2D eigenvalue weighted by Crippen LogP contribution is -2.42. The predicted molar refractivity (Wildman–Crippen MR) is 108 cm³/mol. The summed E-state index contributed by atoms with van der Waals surface area (Å²) in [5.41, 5.74) is 0.935. The molecule has 0 spiro atoms. The van der Waals surface area contributed by atoms with Gasteiger partial charge in [0, 0.05) is 50.8 Å². The van der Waals surface area contributed by atoms with E-state index in [2.05, 4.69) is 22.0 Å². The van der Waals surface area contributed by atoms with Gasteiger partial charge in [0.05, 0.1) is 13.2 Å². The molecule has 2 aliphatic rings. The van der Waals surface area contributed by atoms with Crippen molar-refractivity contribution in [2.75, 3.05) is 59.0 Å². The van der Waals surface area contributed by atoms with Gasteiger partial charge >= 0.3 is 0 Å². The molecule has 3 rings (SSSR count). The number of nitrogens with zero attached hydrogens (tertiary/aromatic N) is 3. The second kappa shape index (κ2) is 10.2. The lowest BCUT2D eigenvalue weighted by atomic mass is 10.1. The third-order valence-corrected chi connectivity index (χ3v) is 5.55. The zero-order valence-electron chi connectivity index (χ0n) is 16.1. The van der Waals surface area contributed by atoms with Crippen molar-refractivity contribution in [3.8, 4) is 0 Å². The SMILES string of the molecule is CCNC(=NCCc1ccc(F)cc1Cl)N1CCC(CN2CCOCC2)C1. The maximum atomic E-state index is 13.2. The summed E-state index contributed by atoms with van der Waals surface area (Å²) in [5, 5.41) is 3.88. The zero-order valence-corrected chi connectivity index (χ0v) is 16.8. The molecule has 2 fully saturated rings. The number of rotatable bonds is 6. The van der Waals surface area contributed by atoms with Crippen LogP contribution >= 0.6 is 11.6 Å². The van der Waals surface area contributed by atoms with Crippen molar-refractivity contribution in [2.45, 2.75) is 19.8 Å². The zero-order chi connectivity index (χ0) is 19.1. The number of benzene rings is 1. The smallest absolute Gasteiger partial charge is 0.193 e. The Morgan fingerprint density at radius 1 is 1.33 bits per heavy atom. The lowest BCUT2D eigenvalue weighted by Gasteiger charge is -2.29. The third kappa shape index (κ3) is 6.06. The van der Waals surface area contributed by atoms with E-state index in [1.807, 2.05) is 0 Å². The molecule has 1 atom stereocenters. The van der Waals surface area contributed by atoms with E-state index in [4.69, 9.17) is 21.3 Å². The van der Waals surface area contributed by atoms with Crippen LogP contribution < -0.4 is 5.32 Å². The molecule has 1 aromatic rings. The summed E-state index contributed by atoms with van der Waals surface area (Å²) in [6, 6.07) is 4.56. The van der Waals surface area contributed by atoms with Gasteiger partial charge in [0.25, 0.3) is 0 Å². The average molecular weight is 397 g/mol. The van der Waals surface area contributed by atoms with E-state index < -0.39 is 0 Å². The summed E-state index contributed by atoms with van der Waals surface area (Å²) < 4.78 is 18.6. The topological polar surface area (TPSA) is 40.1 Å². The lowest BCUT2D eigenvalue weighted by molar-refractivity contribution is 0.0315. The van der Waals surface area contributed by atoms with Gasteiger partial charge in [-0.1, -0.05) is 17.7 Å². The molecule has 1 N–H and O–H groups in total. The van der Waals surface area contributed by atoms with Crippen molar-refractivity contribution >= 4 is 17.6 Å². The minimum Gasteiger partial charge on any atom is -0.379 e. The van der Waals surface area contributed by atoms with E-state index in [-0.39, 0.29) is 5.82 Å². The molecule has 0 aliphatic carbocycles. The minimum absolute atomic E-state index is 0.302. The molecule has 2 saturated heterocycles. The van der Waals surface area contributed by atoms with E-state index in [1.54, 1.807) is 6.07 Å². The highest BCUT2D eigenvalue weighted by Crippen LogP contribution is 2.19. The molecule has 2 aliphatic heterocycles. The summed E-state index contributed by atoms with van der Waals surface area (Å²) in [7, 11) is 0. The number of hydrogen-bond donors (Lipinski definition) is 1. The van der Waals surface area contributed by atoms with Crippen LogP contribution in [0.15, 0.2) is 23.2 Å². The normalized spacial score (nSPS) is 21.7. The monoisotopic (exact) mass is 396 g/mol. The summed E-state index contributed by atoms with van der Waals surface area (Å²) in [5.74, 6) is 1.35. The Hall–Kier alpha value is -1.37. The molecule has 1 aromatic carbocycles. The number of guanidine groups is 1. The Balaban J connectivity index is 1.52. The average Bonchev–Trinajstić information content (AvgIpc) is 3.12. The molecule has 150 valence electrons. The van der Waals surface area contributed by atoms with E-state index in [0.717, 1.165) is 64.0 Å². The van der Waals surface area contributed by atoms with Crippen LogP contribution in [0, 0.1) is 11.7 Å². The van der Waals surface area contributed by atoms with Crippen molar-refractivity contribution in [1.29, 1.82) is 0 Å². The number of aliphatic imine (C=N–C) groups is 1. The molecule has 0 aromatic heterocycles. The molecule has 0 radical (unpaired) electrons. The van der Waals surface area contributed by atoms with E-state index >= 15 is 0 Å². The van der Waals surface area contributed by atoms with Gasteiger partial charge < -0.3 is 15.0 Å². The molecule has 27 heavy (non-hydrogen) atoms. The number of ether oxygens (including phenoxy) is 1. The van der Waals surface area contributed by atoms with Gasteiger partial charge in [-0.15, -0.1) is 0 Å². The van der Waals surface area contributed by atoms with E-state index in [9.17, 15) is 4.39 Å². The fourth-order valence-electron chi connectivity index (χ4n) is 3.76.